The molecule has 1 fully saturated rings. The Kier molecular flexibility index (Phi) is 7.17. The summed E-state index contributed by atoms with van der Waals surface area (Å²) in [5.74, 6) is -1.70. The number of nitrogens with one attached hydrogen (secondary N) is 1. The minimum Gasteiger partial charge on any atom is -0.488 e. The standard InChI is InChI=1S/C23H25ClN2O5/c1-14(2)20(25-21(27)17-10-6-7-11-18(17)24)22(28)26-13-16(12-19(26)23(29)30)31-15-8-4-3-5-9-15/h3-11,14,16,19-20H,12-13H2,1-2H3,(H,25,27)(H,29,30)/t16-,19-,20?/m0/s1. The van der Waals surface area contributed by atoms with Crippen LogP contribution in [0.5, 0.6) is 5.75 Å². The number of amides is 2. The molecule has 3 rings (SSSR count). The molecular weight excluding hydrogens is 420 g/mol. The van der Waals surface area contributed by atoms with E-state index in [1.807, 2.05) is 18.2 Å². The van der Waals surface area contributed by atoms with Gasteiger partial charge in [0.05, 0.1) is 17.1 Å². The van der Waals surface area contributed by atoms with Crippen molar-refractivity contribution in [1.82, 2.24) is 10.2 Å². The van der Waals surface area contributed by atoms with E-state index in [4.69, 9.17) is 16.3 Å². The average Bonchev–Trinajstić information content (AvgIpc) is 3.16. The minimum absolute atomic E-state index is 0.121. The lowest BCUT2D eigenvalue weighted by Gasteiger charge is -2.29. The number of ether oxygens (including phenoxy) is 1. The number of benzene rings is 2. The van der Waals surface area contributed by atoms with E-state index in [1.165, 1.54) is 4.90 Å². The molecule has 0 bridgehead atoms. The average molecular weight is 445 g/mol. The largest absolute Gasteiger partial charge is 0.488 e. The second-order valence-electron chi connectivity index (χ2n) is 7.81. The van der Waals surface area contributed by atoms with Crippen LogP contribution in [-0.2, 0) is 9.59 Å². The number of hydrogen-bond donors (Lipinski definition) is 2. The Morgan fingerprint density at radius 1 is 1.10 bits per heavy atom. The second kappa shape index (κ2) is 9.83. The molecular formula is C23H25ClN2O5. The maximum absolute atomic E-state index is 13.3. The van der Waals surface area contributed by atoms with Crippen LogP contribution in [-0.4, -0.2) is 52.5 Å². The summed E-state index contributed by atoms with van der Waals surface area (Å²) in [6.45, 7) is 3.70. The lowest BCUT2D eigenvalue weighted by atomic mass is 10.0. The molecule has 2 aromatic rings. The highest BCUT2D eigenvalue weighted by atomic mass is 35.5. The first-order valence-corrected chi connectivity index (χ1v) is 10.5. The molecule has 0 radical (unpaired) electrons. The van der Waals surface area contributed by atoms with Crippen molar-refractivity contribution in [3.05, 3.63) is 65.2 Å². The van der Waals surface area contributed by atoms with Crippen LogP contribution in [0.2, 0.25) is 5.02 Å². The Labute approximate surface area is 186 Å². The molecule has 0 aromatic heterocycles. The van der Waals surface area contributed by atoms with E-state index in [0.29, 0.717) is 5.75 Å². The van der Waals surface area contributed by atoms with Crippen LogP contribution in [0.1, 0.15) is 30.6 Å². The molecule has 0 aliphatic carbocycles. The molecule has 0 spiro atoms. The number of aliphatic carboxylic acids is 1. The molecule has 1 unspecified atom stereocenters. The van der Waals surface area contributed by atoms with Crippen LogP contribution in [0.3, 0.4) is 0 Å². The molecule has 1 heterocycles. The molecule has 3 atom stereocenters. The van der Waals surface area contributed by atoms with Crippen molar-refractivity contribution in [3.63, 3.8) is 0 Å². The summed E-state index contributed by atoms with van der Waals surface area (Å²) in [6, 6.07) is 13.7. The maximum atomic E-state index is 13.3. The highest BCUT2D eigenvalue weighted by Crippen LogP contribution is 2.25. The van der Waals surface area contributed by atoms with Crippen molar-refractivity contribution in [2.75, 3.05) is 6.54 Å². The van der Waals surface area contributed by atoms with Crippen molar-refractivity contribution >= 4 is 29.4 Å². The number of carboxylic acids is 1. The van der Waals surface area contributed by atoms with Gasteiger partial charge in [-0.25, -0.2) is 4.79 Å². The number of carbonyl (C=O) groups excluding carboxylic acids is 2. The quantitative estimate of drug-likeness (QED) is 0.683. The summed E-state index contributed by atoms with van der Waals surface area (Å²) in [5, 5.41) is 12.7. The van der Waals surface area contributed by atoms with Gasteiger partial charge in [0.1, 0.15) is 23.9 Å². The van der Waals surface area contributed by atoms with Crippen LogP contribution in [0, 0.1) is 5.92 Å². The number of carbonyl (C=O) groups is 3. The Hall–Kier alpha value is -3.06. The van der Waals surface area contributed by atoms with Crippen LogP contribution in [0.25, 0.3) is 0 Å². The Morgan fingerprint density at radius 3 is 2.35 bits per heavy atom. The summed E-state index contributed by atoms with van der Waals surface area (Å²) in [6.07, 6.45) is -0.293. The molecule has 7 nitrogen and oxygen atoms in total. The van der Waals surface area contributed by atoms with Gasteiger partial charge in [-0.15, -0.1) is 0 Å². The van der Waals surface area contributed by atoms with Crippen LogP contribution in [0.15, 0.2) is 54.6 Å². The predicted molar refractivity (Wildman–Crippen MR) is 116 cm³/mol. The van der Waals surface area contributed by atoms with Gasteiger partial charge in [-0.1, -0.05) is 55.8 Å². The van der Waals surface area contributed by atoms with Gasteiger partial charge in [-0.3, -0.25) is 9.59 Å². The zero-order valence-corrected chi connectivity index (χ0v) is 18.1. The van der Waals surface area contributed by atoms with Gasteiger partial charge < -0.3 is 20.1 Å². The predicted octanol–water partition coefficient (Wildman–Crippen LogP) is 3.23. The third kappa shape index (κ3) is 5.35. The number of rotatable bonds is 7. The minimum atomic E-state index is -1.10. The van der Waals surface area contributed by atoms with Crippen molar-refractivity contribution < 1.29 is 24.2 Å². The van der Waals surface area contributed by atoms with Crippen LogP contribution < -0.4 is 10.1 Å². The summed E-state index contributed by atoms with van der Waals surface area (Å²) < 4.78 is 5.88. The monoisotopic (exact) mass is 444 g/mol. The third-order valence-electron chi connectivity index (χ3n) is 5.21. The Morgan fingerprint density at radius 2 is 1.74 bits per heavy atom. The molecule has 2 amide bonds. The normalized spacial score (nSPS) is 19.2. The lowest BCUT2D eigenvalue weighted by Crippen LogP contribution is -2.54. The van der Waals surface area contributed by atoms with Gasteiger partial charge in [0.15, 0.2) is 0 Å². The van der Waals surface area contributed by atoms with Crippen LogP contribution in [0.4, 0.5) is 0 Å². The molecule has 2 N–H and O–H groups in total. The van der Waals surface area contributed by atoms with Crippen molar-refractivity contribution in [3.8, 4) is 5.75 Å². The maximum Gasteiger partial charge on any atom is 0.326 e. The van der Waals surface area contributed by atoms with E-state index in [-0.39, 0.29) is 29.5 Å². The third-order valence-corrected chi connectivity index (χ3v) is 5.54. The van der Waals surface area contributed by atoms with E-state index in [0.717, 1.165) is 0 Å². The van der Waals surface area contributed by atoms with Crippen LogP contribution >= 0.6 is 11.6 Å². The lowest BCUT2D eigenvalue weighted by molar-refractivity contribution is -0.149. The first-order valence-electron chi connectivity index (χ1n) is 10.1. The molecule has 164 valence electrons. The summed E-state index contributed by atoms with van der Waals surface area (Å²) in [5.41, 5.74) is 0.254. The zero-order valence-electron chi connectivity index (χ0n) is 17.3. The van der Waals surface area contributed by atoms with Gasteiger partial charge >= 0.3 is 5.97 Å². The Bertz CT molecular complexity index is 950. The fraction of sp³-hybridized carbons (Fsp3) is 0.348. The summed E-state index contributed by atoms with van der Waals surface area (Å²) in [4.78, 5) is 39.2. The number of nitrogens with zero attached hydrogens (tertiary/aromatic N) is 1. The molecule has 2 aromatic carbocycles. The highest BCUT2D eigenvalue weighted by Gasteiger charge is 2.43. The molecule has 0 saturated carbocycles. The van der Waals surface area contributed by atoms with Gasteiger partial charge in [-0.05, 0) is 30.2 Å². The van der Waals surface area contributed by atoms with Crippen molar-refractivity contribution in [1.29, 1.82) is 0 Å². The number of likely N-dealkylation sites (tertiary alicyclic amines) is 1. The van der Waals surface area contributed by atoms with Gasteiger partial charge in [0.25, 0.3) is 5.91 Å². The molecule has 8 heteroatoms. The topological polar surface area (TPSA) is 95.9 Å². The molecule has 1 aliphatic heterocycles. The first kappa shape index (κ1) is 22.6. The number of para-hydroxylation sites is 1. The van der Waals surface area contributed by atoms with E-state index < -0.39 is 36.0 Å². The van der Waals surface area contributed by atoms with E-state index in [1.54, 1.807) is 50.2 Å². The van der Waals surface area contributed by atoms with Gasteiger partial charge in [-0.2, -0.15) is 0 Å². The number of carboxylic acid groups (broad SMARTS) is 1. The van der Waals surface area contributed by atoms with Gasteiger partial charge in [0.2, 0.25) is 5.91 Å². The molecule has 1 aliphatic rings. The van der Waals surface area contributed by atoms with Gasteiger partial charge in [0, 0.05) is 6.42 Å². The zero-order chi connectivity index (χ0) is 22.5. The van der Waals surface area contributed by atoms with Crippen molar-refractivity contribution in [2.45, 2.75) is 38.5 Å². The Balaban J connectivity index is 1.77. The fourth-order valence-electron chi connectivity index (χ4n) is 3.61. The van der Waals surface area contributed by atoms with E-state index in [9.17, 15) is 19.5 Å². The highest BCUT2D eigenvalue weighted by molar-refractivity contribution is 6.33. The second-order valence-corrected chi connectivity index (χ2v) is 8.22. The summed E-state index contributed by atoms with van der Waals surface area (Å²) in [7, 11) is 0. The van der Waals surface area contributed by atoms with Crippen molar-refractivity contribution in [2.24, 2.45) is 5.92 Å². The molecule has 1 saturated heterocycles. The molecule has 31 heavy (non-hydrogen) atoms. The number of hydrogen-bond acceptors (Lipinski definition) is 4. The fourth-order valence-corrected chi connectivity index (χ4v) is 3.83. The first-order chi connectivity index (χ1) is 14.8. The summed E-state index contributed by atoms with van der Waals surface area (Å²) >= 11 is 6.10. The smallest absolute Gasteiger partial charge is 0.326 e. The SMILES string of the molecule is CC(C)C(NC(=O)c1ccccc1Cl)C(=O)N1C[C@@H](Oc2ccccc2)C[C@H]1C(=O)O. The van der Waals surface area contributed by atoms with E-state index in [2.05, 4.69) is 5.32 Å². The number of halogens is 1. The van der Waals surface area contributed by atoms with E-state index >= 15 is 0 Å².